The fourth-order valence-electron chi connectivity index (χ4n) is 2.64. The lowest BCUT2D eigenvalue weighted by Crippen LogP contribution is -2.39. The van der Waals surface area contributed by atoms with Crippen LogP contribution in [-0.4, -0.2) is 50.8 Å². The molecule has 2 aromatic carbocycles. The molecule has 164 valence electrons. The minimum atomic E-state index is -4.05. The summed E-state index contributed by atoms with van der Waals surface area (Å²) in [5.41, 5.74) is 2.06. The number of rotatable bonds is 12. The van der Waals surface area contributed by atoms with Crippen molar-refractivity contribution in [3.8, 4) is 11.5 Å². The number of nitrogens with one attached hydrogen (secondary N) is 1. The van der Waals surface area contributed by atoms with Gasteiger partial charge < -0.3 is 9.47 Å². The molecule has 0 saturated heterocycles. The summed E-state index contributed by atoms with van der Waals surface area (Å²) < 4.78 is 49.9. The molecule has 0 heterocycles. The fourth-order valence-corrected chi connectivity index (χ4v) is 4.02. The highest BCUT2D eigenvalue weighted by atomic mass is 32.2. The summed E-state index contributed by atoms with van der Waals surface area (Å²) in [4.78, 5) is 11.7. The molecule has 0 aliphatic carbocycles. The molecule has 2 N–H and O–H groups in total. The highest BCUT2D eigenvalue weighted by molar-refractivity contribution is 7.89. The second-order valence-electron chi connectivity index (χ2n) is 6.38. The summed E-state index contributed by atoms with van der Waals surface area (Å²) in [6, 6.07) is 12.5. The minimum absolute atomic E-state index is 0.0350. The van der Waals surface area contributed by atoms with Crippen molar-refractivity contribution in [2.24, 2.45) is 0 Å². The number of halogens is 1. The number of methoxy groups -OCH3 is 1. The van der Waals surface area contributed by atoms with Crippen LogP contribution in [0.3, 0.4) is 0 Å². The van der Waals surface area contributed by atoms with Gasteiger partial charge in [-0.15, -0.1) is 0 Å². The van der Waals surface area contributed by atoms with Crippen LogP contribution in [-0.2, 0) is 21.4 Å². The number of benzene rings is 2. The average molecular weight is 440 g/mol. The zero-order valence-electron chi connectivity index (χ0n) is 16.6. The Morgan fingerprint density at radius 2 is 1.87 bits per heavy atom. The normalized spacial score (nSPS) is 11.3. The van der Waals surface area contributed by atoms with Crippen LogP contribution in [0.1, 0.15) is 18.4 Å². The molecule has 0 fully saturated rings. The molecule has 2 aromatic rings. The van der Waals surface area contributed by atoms with Crippen molar-refractivity contribution in [3.63, 3.8) is 0 Å². The number of unbranched alkanes of at least 4 members (excludes halogenated alkanes) is 1. The Bertz CT molecular complexity index is 921. The van der Waals surface area contributed by atoms with Crippen LogP contribution in [0.15, 0.2) is 53.4 Å². The maximum absolute atomic E-state index is 13.1. The van der Waals surface area contributed by atoms with Crippen LogP contribution in [0.5, 0.6) is 11.5 Å². The van der Waals surface area contributed by atoms with E-state index in [-0.39, 0.29) is 11.4 Å². The molecule has 0 aliphatic heterocycles. The van der Waals surface area contributed by atoms with Gasteiger partial charge in [-0.3, -0.25) is 14.4 Å². The summed E-state index contributed by atoms with van der Waals surface area (Å²) >= 11 is 0. The van der Waals surface area contributed by atoms with Crippen LogP contribution in [0.25, 0.3) is 0 Å². The predicted octanol–water partition coefficient (Wildman–Crippen LogP) is 2.52. The van der Waals surface area contributed by atoms with Gasteiger partial charge in [0, 0.05) is 6.54 Å². The van der Waals surface area contributed by atoms with Gasteiger partial charge in [0.1, 0.15) is 11.5 Å². The first-order chi connectivity index (χ1) is 14.4. The number of carbonyl (C=O) groups excluding carboxylic acids is 1. The molecular weight excluding hydrogens is 415 g/mol. The van der Waals surface area contributed by atoms with Gasteiger partial charge >= 0.3 is 0 Å². The molecular formula is C20H25FN2O6S. The summed E-state index contributed by atoms with van der Waals surface area (Å²) in [7, 11) is -2.56. The maximum Gasteiger partial charge on any atom is 0.258 e. The zero-order chi connectivity index (χ0) is 22.0. The lowest BCUT2D eigenvalue weighted by molar-refractivity contribution is -0.129. The highest BCUT2D eigenvalue weighted by Crippen LogP contribution is 2.23. The molecule has 2 rings (SSSR count). The minimum Gasteiger partial charge on any atom is -0.497 e. The molecule has 0 aliphatic rings. The number of sulfonamides is 1. The molecule has 0 bridgehead atoms. The van der Waals surface area contributed by atoms with E-state index in [1.165, 1.54) is 36.9 Å². The summed E-state index contributed by atoms with van der Waals surface area (Å²) in [5, 5.41) is 8.84. The second kappa shape index (κ2) is 11.5. The molecule has 0 radical (unpaired) electrons. The molecule has 0 spiro atoms. The fraction of sp³-hybridized carbons (Fsp3) is 0.350. The second-order valence-corrected chi connectivity index (χ2v) is 8.31. The predicted molar refractivity (Wildman–Crippen MR) is 108 cm³/mol. The highest BCUT2D eigenvalue weighted by Gasteiger charge is 2.27. The Morgan fingerprint density at radius 1 is 1.13 bits per heavy atom. The monoisotopic (exact) mass is 440 g/mol. The molecule has 8 nitrogen and oxygen atoms in total. The number of nitrogens with zero attached hydrogens (tertiary/aromatic N) is 1. The smallest absolute Gasteiger partial charge is 0.258 e. The third-order valence-electron chi connectivity index (χ3n) is 4.20. The third kappa shape index (κ3) is 6.68. The largest absolute Gasteiger partial charge is 0.497 e. The Hall–Kier alpha value is -2.69. The van der Waals surface area contributed by atoms with E-state index < -0.39 is 29.1 Å². The SMILES string of the molecule is COc1cccc(CN(CC(=O)NO)S(=O)(=O)c2ccc(OCCCCF)cc2)c1. The van der Waals surface area contributed by atoms with E-state index in [0.717, 1.165) is 4.31 Å². The van der Waals surface area contributed by atoms with Crippen molar-refractivity contribution in [3.05, 3.63) is 54.1 Å². The maximum atomic E-state index is 13.1. The number of hydrogen-bond acceptors (Lipinski definition) is 6. The lowest BCUT2D eigenvalue weighted by atomic mass is 10.2. The van der Waals surface area contributed by atoms with Gasteiger partial charge in [0.15, 0.2) is 0 Å². The van der Waals surface area contributed by atoms with Crippen LogP contribution < -0.4 is 15.0 Å². The number of carbonyl (C=O) groups is 1. The van der Waals surface area contributed by atoms with Crippen molar-refractivity contribution in [1.29, 1.82) is 0 Å². The standard InChI is InChI=1S/C20H25FN2O6S/c1-28-18-6-4-5-16(13-18)14-23(15-20(24)22-25)30(26,27)19-9-7-17(8-10-19)29-12-3-2-11-21/h4-10,13,25H,2-3,11-12,14-15H2,1H3,(H,22,24). The Balaban J connectivity index is 2.21. The Morgan fingerprint density at radius 3 is 2.50 bits per heavy atom. The van der Waals surface area contributed by atoms with E-state index in [2.05, 4.69) is 0 Å². The van der Waals surface area contributed by atoms with Crippen molar-refractivity contribution >= 4 is 15.9 Å². The molecule has 0 unspecified atom stereocenters. The van der Waals surface area contributed by atoms with Crippen LogP contribution >= 0.6 is 0 Å². The summed E-state index contributed by atoms with van der Waals surface area (Å²) in [6.07, 6.45) is 0.958. The zero-order valence-corrected chi connectivity index (χ0v) is 17.4. The molecule has 0 atom stereocenters. The summed E-state index contributed by atoms with van der Waals surface area (Å²) in [6.45, 7) is -0.758. The van der Waals surface area contributed by atoms with E-state index in [1.807, 2.05) is 0 Å². The van der Waals surface area contributed by atoms with E-state index in [0.29, 0.717) is 36.5 Å². The van der Waals surface area contributed by atoms with E-state index in [4.69, 9.17) is 14.7 Å². The van der Waals surface area contributed by atoms with Gasteiger partial charge in [0.05, 0.1) is 31.8 Å². The van der Waals surface area contributed by atoms with Gasteiger partial charge in [0.25, 0.3) is 5.91 Å². The van der Waals surface area contributed by atoms with Gasteiger partial charge in [-0.1, -0.05) is 12.1 Å². The summed E-state index contributed by atoms with van der Waals surface area (Å²) in [5.74, 6) is 0.139. The van der Waals surface area contributed by atoms with Crippen LogP contribution in [0, 0.1) is 0 Å². The van der Waals surface area contributed by atoms with Gasteiger partial charge in [-0.25, -0.2) is 13.9 Å². The van der Waals surface area contributed by atoms with Crippen molar-refractivity contribution in [2.75, 3.05) is 26.9 Å². The first-order valence-corrected chi connectivity index (χ1v) is 10.7. The number of amides is 1. The first kappa shape index (κ1) is 23.6. The Kier molecular flexibility index (Phi) is 9.03. The number of hydrogen-bond donors (Lipinski definition) is 2. The number of hydroxylamine groups is 1. The number of ether oxygens (including phenoxy) is 2. The van der Waals surface area contributed by atoms with E-state index in [9.17, 15) is 17.6 Å². The van der Waals surface area contributed by atoms with E-state index in [1.54, 1.807) is 24.3 Å². The molecule has 10 heteroatoms. The number of alkyl halides is 1. The van der Waals surface area contributed by atoms with E-state index >= 15 is 0 Å². The lowest BCUT2D eigenvalue weighted by Gasteiger charge is -2.22. The first-order valence-electron chi connectivity index (χ1n) is 9.25. The average Bonchev–Trinajstić information content (AvgIpc) is 2.76. The molecule has 1 amide bonds. The molecule has 0 saturated carbocycles. The van der Waals surface area contributed by atoms with Crippen molar-refractivity contribution < 1.29 is 32.3 Å². The third-order valence-corrected chi connectivity index (χ3v) is 6.00. The van der Waals surface area contributed by atoms with Crippen molar-refractivity contribution in [1.82, 2.24) is 9.79 Å². The Labute approximate surface area is 175 Å². The molecule has 0 aromatic heterocycles. The quantitative estimate of drug-likeness (QED) is 0.299. The van der Waals surface area contributed by atoms with Crippen LogP contribution in [0.4, 0.5) is 4.39 Å². The van der Waals surface area contributed by atoms with Crippen LogP contribution in [0.2, 0.25) is 0 Å². The topological polar surface area (TPSA) is 105 Å². The van der Waals surface area contributed by atoms with Crippen molar-refractivity contribution in [2.45, 2.75) is 24.3 Å². The molecule has 30 heavy (non-hydrogen) atoms. The van der Waals surface area contributed by atoms with Gasteiger partial charge in [-0.2, -0.15) is 4.31 Å². The van der Waals surface area contributed by atoms with Gasteiger partial charge in [0.2, 0.25) is 10.0 Å². The van der Waals surface area contributed by atoms with Gasteiger partial charge in [-0.05, 0) is 54.8 Å².